The number of thiazole rings is 1. The van der Waals surface area contributed by atoms with Gasteiger partial charge >= 0.3 is 18.6 Å². The van der Waals surface area contributed by atoms with Gasteiger partial charge in [-0.25, -0.2) is 9.78 Å². The molecule has 0 radical (unpaired) electrons. The van der Waals surface area contributed by atoms with E-state index in [9.17, 15) is 22.4 Å². The summed E-state index contributed by atoms with van der Waals surface area (Å²) in [5.74, 6) is -0.534. The Labute approximate surface area is 228 Å². The summed E-state index contributed by atoms with van der Waals surface area (Å²) >= 11 is 13.0. The third kappa shape index (κ3) is 6.53. The minimum absolute atomic E-state index is 0.0865. The fourth-order valence-electron chi connectivity index (χ4n) is 3.71. The van der Waals surface area contributed by atoms with Crippen LogP contribution in [0.5, 0.6) is 5.75 Å². The first-order valence-corrected chi connectivity index (χ1v) is 12.5. The van der Waals surface area contributed by atoms with Gasteiger partial charge in [-0.15, -0.1) is 0 Å². The van der Waals surface area contributed by atoms with Crippen LogP contribution in [0.15, 0.2) is 79.1 Å². The monoisotopic (exact) mass is 584 g/mol. The molecule has 1 atom stereocenters. The summed E-state index contributed by atoms with van der Waals surface area (Å²) in [5.41, 5.74) is -0.246. The molecule has 2 amide bonds. The quantitative estimate of drug-likeness (QED) is 0.201. The molecule has 0 unspecified atom stereocenters. The van der Waals surface area contributed by atoms with Gasteiger partial charge in [0.25, 0.3) is 0 Å². The molecule has 13 heteroatoms. The molecule has 2 N–H and O–H groups in total. The van der Waals surface area contributed by atoms with E-state index < -0.39 is 29.9 Å². The Kier molecular flexibility index (Phi) is 8.39. The second-order valence-corrected chi connectivity index (χ2v) is 10.1. The Hall–Kier alpha value is -3.41. The lowest BCUT2D eigenvalue weighted by Crippen LogP contribution is -2.50. The summed E-state index contributed by atoms with van der Waals surface area (Å²) in [4.78, 5) is 21.6. The molecule has 2 heterocycles. The van der Waals surface area contributed by atoms with Gasteiger partial charge in [0.05, 0.1) is 16.9 Å². The molecule has 4 rings (SSSR count). The van der Waals surface area contributed by atoms with Crippen LogP contribution in [0.1, 0.15) is 16.8 Å². The second kappa shape index (κ2) is 11.5. The Balaban J connectivity index is 1.84. The van der Waals surface area contributed by atoms with Gasteiger partial charge in [-0.3, -0.25) is 10.3 Å². The van der Waals surface area contributed by atoms with Crippen LogP contribution in [-0.4, -0.2) is 28.5 Å². The molecule has 2 aromatic heterocycles. The normalized spacial score (nSPS) is 13.1. The number of carbonyl (C=O) groups excluding carboxylic acids is 1. The van der Waals surface area contributed by atoms with Crippen molar-refractivity contribution in [1.82, 2.24) is 15.3 Å². The van der Waals surface area contributed by atoms with Gasteiger partial charge in [-0.2, -0.15) is 17.6 Å². The number of pyridine rings is 1. The van der Waals surface area contributed by atoms with E-state index in [0.29, 0.717) is 9.36 Å². The molecule has 0 saturated carbocycles. The molecule has 6 nitrogen and oxygen atoms in total. The maximum Gasteiger partial charge on any atom is 0.461 e. The summed E-state index contributed by atoms with van der Waals surface area (Å²) in [6.45, 7) is 0. The molecule has 198 valence electrons. The highest BCUT2D eigenvalue weighted by Gasteiger charge is 2.44. The first-order valence-electron chi connectivity index (χ1n) is 10.9. The number of anilines is 1. The van der Waals surface area contributed by atoms with E-state index in [1.807, 2.05) is 0 Å². The van der Waals surface area contributed by atoms with Crippen molar-refractivity contribution in [2.75, 3.05) is 5.32 Å². The number of alkyl halides is 4. The number of carbonyl (C=O) groups is 1. The summed E-state index contributed by atoms with van der Waals surface area (Å²) in [5, 5.41) is 5.99. The molecule has 0 saturated heterocycles. The van der Waals surface area contributed by atoms with Crippen LogP contribution >= 0.6 is 34.5 Å². The summed E-state index contributed by atoms with van der Waals surface area (Å²) in [6.07, 6.45) is -5.96. The van der Waals surface area contributed by atoms with Crippen molar-refractivity contribution in [2.24, 2.45) is 0 Å². The number of amides is 2. The van der Waals surface area contributed by atoms with Crippen LogP contribution in [0.3, 0.4) is 0 Å². The Morgan fingerprint density at radius 1 is 1.00 bits per heavy atom. The van der Waals surface area contributed by atoms with Crippen molar-refractivity contribution in [3.63, 3.8) is 0 Å². The van der Waals surface area contributed by atoms with Crippen LogP contribution in [-0.2, 0) is 12.0 Å². The zero-order valence-corrected chi connectivity index (χ0v) is 21.5. The smallest absolute Gasteiger partial charge is 0.428 e. The first-order chi connectivity index (χ1) is 18.1. The fourth-order valence-corrected chi connectivity index (χ4v) is 4.63. The number of urea groups is 1. The Morgan fingerprint density at radius 2 is 1.76 bits per heavy atom. The standard InChI is InChI=1S/C25H18Cl2F4N4O2S/c26-17-9-10-19(32-13-17)24(12-15-5-2-1-3-6-15,35-22(36)34-23-33-14-20(27)38-23)16-7-4-8-18(11-16)37-25(30,31)21(28)29/h1-11,13-14,21H,12H2,(H2,33,34,35,36)/t24-/m0/s1. The molecule has 0 aliphatic heterocycles. The number of hydrogen-bond donors (Lipinski definition) is 2. The van der Waals surface area contributed by atoms with Gasteiger partial charge in [-0.1, -0.05) is 77.0 Å². The molecule has 2 aromatic carbocycles. The van der Waals surface area contributed by atoms with E-state index >= 15 is 0 Å². The van der Waals surface area contributed by atoms with Crippen LogP contribution in [0.4, 0.5) is 27.5 Å². The Morgan fingerprint density at radius 3 is 2.39 bits per heavy atom. The number of rotatable bonds is 9. The van der Waals surface area contributed by atoms with Crippen LogP contribution < -0.4 is 15.4 Å². The van der Waals surface area contributed by atoms with Crippen LogP contribution in [0.25, 0.3) is 0 Å². The van der Waals surface area contributed by atoms with E-state index in [2.05, 4.69) is 25.3 Å². The molecule has 0 fully saturated rings. The zero-order valence-electron chi connectivity index (χ0n) is 19.2. The third-order valence-electron chi connectivity index (χ3n) is 5.34. The van der Waals surface area contributed by atoms with Crippen molar-refractivity contribution < 1.29 is 27.1 Å². The average Bonchev–Trinajstić information content (AvgIpc) is 3.28. The van der Waals surface area contributed by atoms with Gasteiger partial charge in [0.1, 0.15) is 15.6 Å². The third-order valence-corrected chi connectivity index (χ3v) is 6.59. The average molecular weight is 585 g/mol. The maximum atomic E-state index is 13.7. The summed E-state index contributed by atoms with van der Waals surface area (Å²) in [6, 6.07) is 16.5. The molecule has 0 aliphatic rings. The van der Waals surface area contributed by atoms with Gasteiger partial charge in [0.2, 0.25) is 0 Å². The van der Waals surface area contributed by atoms with Crippen LogP contribution in [0.2, 0.25) is 9.36 Å². The molecular weight excluding hydrogens is 567 g/mol. The van der Waals surface area contributed by atoms with Crippen molar-refractivity contribution in [1.29, 1.82) is 0 Å². The molecule has 0 spiro atoms. The lowest BCUT2D eigenvalue weighted by molar-refractivity contribution is -0.253. The highest BCUT2D eigenvalue weighted by Crippen LogP contribution is 2.37. The summed E-state index contributed by atoms with van der Waals surface area (Å²) in [7, 11) is 0. The molecule has 38 heavy (non-hydrogen) atoms. The van der Waals surface area contributed by atoms with Gasteiger partial charge < -0.3 is 10.1 Å². The van der Waals surface area contributed by atoms with E-state index in [1.54, 1.807) is 42.5 Å². The summed E-state index contributed by atoms with van der Waals surface area (Å²) < 4.78 is 57.8. The fraction of sp³-hybridized carbons (Fsp3) is 0.160. The zero-order chi connectivity index (χ0) is 27.3. The van der Waals surface area contributed by atoms with Gasteiger partial charge in [0.15, 0.2) is 5.13 Å². The van der Waals surface area contributed by atoms with E-state index in [-0.39, 0.29) is 22.8 Å². The first kappa shape index (κ1) is 27.6. The molecule has 0 bridgehead atoms. The van der Waals surface area contributed by atoms with Crippen LogP contribution in [0, 0.1) is 0 Å². The van der Waals surface area contributed by atoms with Crippen molar-refractivity contribution in [2.45, 2.75) is 24.5 Å². The van der Waals surface area contributed by atoms with Gasteiger partial charge in [-0.05, 0) is 35.4 Å². The number of benzene rings is 2. The second-order valence-electron chi connectivity index (χ2n) is 7.97. The topological polar surface area (TPSA) is 76.1 Å². The molecule has 0 aliphatic carbocycles. The highest BCUT2D eigenvalue weighted by molar-refractivity contribution is 7.19. The predicted octanol–water partition coefficient (Wildman–Crippen LogP) is 7.39. The predicted molar refractivity (Wildman–Crippen MR) is 137 cm³/mol. The van der Waals surface area contributed by atoms with E-state index in [1.165, 1.54) is 24.5 Å². The number of halogens is 6. The SMILES string of the molecule is O=C(Nc1ncc(Cl)s1)N[C@@](Cc1ccccc1)(c1cccc(OC(F)(F)C(F)F)c1)c1ccc(Cl)cn1. The van der Waals surface area contributed by atoms with E-state index in [0.717, 1.165) is 29.0 Å². The largest absolute Gasteiger partial charge is 0.461 e. The highest BCUT2D eigenvalue weighted by atomic mass is 35.5. The number of nitrogens with one attached hydrogen (secondary N) is 2. The molecular formula is C25H18Cl2F4N4O2S. The number of aromatic nitrogens is 2. The Bertz CT molecular complexity index is 1390. The number of nitrogens with zero attached hydrogens (tertiary/aromatic N) is 2. The van der Waals surface area contributed by atoms with Gasteiger partial charge in [0, 0.05) is 12.6 Å². The maximum absolute atomic E-state index is 13.7. The van der Waals surface area contributed by atoms with Crippen molar-refractivity contribution >= 4 is 45.7 Å². The van der Waals surface area contributed by atoms with Crippen molar-refractivity contribution in [3.8, 4) is 5.75 Å². The number of hydrogen-bond acceptors (Lipinski definition) is 5. The lowest BCUT2D eigenvalue weighted by atomic mass is 9.80. The van der Waals surface area contributed by atoms with E-state index in [4.69, 9.17) is 23.2 Å². The minimum atomic E-state index is -4.73. The van der Waals surface area contributed by atoms with Crippen molar-refractivity contribution in [3.05, 3.63) is 105 Å². The number of ether oxygens (including phenoxy) is 1. The molecule has 4 aromatic rings. The minimum Gasteiger partial charge on any atom is -0.428 e. The lowest BCUT2D eigenvalue weighted by Gasteiger charge is -2.35.